The molecular formula is C18H16N2O5. The van der Waals surface area contributed by atoms with Gasteiger partial charge in [0.1, 0.15) is 17.7 Å². The largest absolute Gasteiger partial charge is 0.460 e. The second-order valence-electron chi connectivity index (χ2n) is 5.58. The van der Waals surface area contributed by atoms with Crippen molar-refractivity contribution in [1.29, 1.82) is 0 Å². The lowest BCUT2D eigenvalue weighted by Gasteiger charge is -2.03. The maximum atomic E-state index is 11.5. The molecule has 0 spiro atoms. The van der Waals surface area contributed by atoms with E-state index in [1.807, 2.05) is 31.2 Å². The van der Waals surface area contributed by atoms with Crippen molar-refractivity contribution in [3.63, 3.8) is 0 Å². The number of hydrogen-bond donors (Lipinski definition) is 2. The molecule has 1 aliphatic rings. The number of carbonyl (C=O) groups is 3. The molecule has 0 unspecified atom stereocenters. The van der Waals surface area contributed by atoms with Gasteiger partial charge in [-0.2, -0.15) is 0 Å². The van der Waals surface area contributed by atoms with Gasteiger partial charge in [-0.3, -0.25) is 14.9 Å². The fourth-order valence-corrected chi connectivity index (χ4v) is 2.53. The number of carbonyl (C=O) groups excluding carboxylic acids is 3. The summed E-state index contributed by atoms with van der Waals surface area (Å²) < 4.78 is 10.6. The van der Waals surface area contributed by atoms with Crippen LogP contribution in [0, 0.1) is 6.92 Å². The van der Waals surface area contributed by atoms with Crippen LogP contribution < -0.4 is 15.4 Å². The number of amides is 3. The third kappa shape index (κ3) is 3.60. The first kappa shape index (κ1) is 16.5. The zero-order chi connectivity index (χ0) is 18.0. The van der Waals surface area contributed by atoms with Crippen molar-refractivity contribution < 1.29 is 23.5 Å². The van der Waals surface area contributed by atoms with Crippen molar-refractivity contribution >= 4 is 17.9 Å². The van der Waals surface area contributed by atoms with Gasteiger partial charge in [-0.25, -0.2) is 4.79 Å². The summed E-state index contributed by atoms with van der Waals surface area (Å²) in [7, 11) is 0. The molecule has 2 heterocycles. The molecule has 7 nitrogen and oxygen atoms in total. The zero-order valence-electron chi connectivity index (χ0n) is 13.7. The van der Waals surface area contributed by atoms with Crippen molar-refractivity contribution in [2.45, 2.75) is 20.3 Å². The summed E-state index contributed by atoms with van der Waals surface area (Å²) in [5.41, 5.74) is 2.73. The lowest BCUT2D eigenvalue weighted by atomic mass is 10.0. The minimum absolute atomic E-state index is 0.238. The van der Waals surface area contributed by atoms with Crippen LogP contribution in [0.15, 0.2) is 46.7 Å². The van der Waals surface area contributed by atoms with Crippen molar-refractivity contribution in [3.8, 4) is 17.1 Å². The molecule has 2 aromatic rings. The van der Waals surface area contributed by atoms with Crippen LogP contribution in [0.3, 0.4) is 0 Å². The van der Waals surface area contributed by atoms with Gasteiger partial charge in [0.25, 0.3) is 5.91 Å². The van der Waals surface area contributed by atoms with E-state index in [9.17, 15) is 14.4 Å². The third-order valence-electron chi connectivity index (χ3n) is 3.70. The minimum atomic E-state index is -0.519. The Kier molecular flexibility index (Phi) is 4.38. The molecule has 0 saturated carbocycles. The van der Waals surface area contributed by atoms with E-state index >= 15 is 0 Å². The number of rotatable bonds is 4. The highest BCUT2D eigenvalue weighted by atomic mass is 16.5. The van der Waals surface area contributed by atoms with Gasteiger partial charge in [0.05, 0.1) is 0 Å². The molecule has 2 N–H and O–H groups in total. The van der Waals surface area contributed by atoms with Crippen LogP contribution in [0.5, 0.6) is 5.75 Å². The molecule has 1 fully saturated rings. The average molecular weight is 340 g/mol. The number of allylic oxidation sites excluding steroid dienone is 1. The molecule has 0 aliphatic carbocycles. The first-order valence-electron chi connectivity index (χ1n) is 7.62. The number of ether oxygens (including phenoxy) is 1. The van der Waals surface area contributed by atoms with E-state index in [-0.39, 0.29) is 5.70 Å². The number of furan rings is 1. The van der Waals surface area contributed by atoms with Crippen molar-refractivity contribution in [2.75, 3.05) is 0 Å². The summed E-state index contributed by atoms with van der Waals surface area (Å²) in [6.07, 6.45) is 3.52. The van der Waals surface area contributed by atoms with Gasteiger partial charge in [-0.1, -0.05) is 24.3 Å². The molecule has 0 atom stereocenters. The Hall–Kier alpha value is -3.35. The van der Waals surface area contributed by atoms with Gasteiger partial charge in [-0.05, 0) is 25.0 Å². The first-order valence-corrected chi connectivity index (χ1v) is 7.62. The van der Waals surface area contributed by atoms with Crippen LogP contribution in [-0.2, 0) is 16.0 Å². The predicted octanol–water partition coefficient (Wildman–Crippen LogP) is 2.45. The van der Waals surface area contributed by atoms with Crippen LogP contribution in [0.1, 0.15) is 18.1 Å². The molecule has 3 rings (SSSR count). The lowest BCUT2D eigenvalue weighted by Crippen LogP contribution is -2.22. The predicted molar refractivity (Wildman–Crippen MR) is 88.7 cm³/mol. The summed E-state index contributed by atoms with van der Waals surface area (Å²) in [6, 6.07) is 7.04. The van der Waals surface area contributed by atoms with Crippen molar-refractivity contribution in [2.24, 2.45) is 0 Å². The Morgan fingerprint density at radius 2 is 2.08 bits per heavy atom. The maximum absolute atomic E-state index is 11.5. The van der Waals surface area contributed by atoms with Gasteiger partial charge in [0, 0.05) is 18.1 Å². The van der Waals surface area contributed by atoms with E-state index < -0.39 is 17.9 Å². The normalized spacial score (nSPS) is 15.2. The fraction of sp³-hybridized carbons (Fsp3) is 0.167. The molecule has 1 aliphatic heterocycles. The standard InChI is InChI=1S/C18H16N2O5/c1-10-15(25-11(2)21)9-24-16(10)13-5-3-4-12(8-13)6-7-14-17(22)20-18(23)19-14/h3-5,7-9H,6H2,1-2H3,(H2,19,20,22,23)/b14-7-. The van der Waals surface area contributed by atoms with E-state index in [1.54, 1.807) is 6.08 Å². The van der Waals surface area contributed by atoms with Gasteiger partial charge in [-0.15, -0.1) is 0 Å². The Morgan fingerprint density at radius 3 is 2.76 bits per heavy atom. The molecule has 1 aromatic heterocycles. The number of urea groups is 1. The summed E-state index contributed by atoms with van der Waals surface area (Å²) >= 11 is 0. The van der Waals surface area contributed by atoms with E-state index in [1.165, 1.54) is 13.2 Å². The van der Waals surface area contributed by atoms with E-state index in [0.717, 1.165) is 16.7 Å². The first-order chi connectivity index (χ1) is 11.9. The number of hydrogen-bond acceptors (Lipinski definition) is 5. The van der Waals surface area contributed by atoms with E-state index in [4.69, 9.17) is 9.15 Å². The van der Waals surface area contributed by atoms with Gasteiger partial charge < -0.3 is 14.5 Å². The molecule has 0 bridgehead atoms. The number of imide groups is 1. The highest BCUT2D eigenvalue weighted by Crippen LogP contribution is 2.32. The molecule has 1 saturated heterocycles. The third-order valence-corrected chi connectivity index (χ3v) is 3.70. The lowest BCUT2D eigenvalue weighted by molar-refractivity contribution is -0.132. The zero-order valence-corrected chi connectivity index (χ0v) is 13.7. The Morgan fingerprint density at radius 1 is 1.28 bits per heavy atom. The second-order valence-corrected chi connectivity index (χ2v) is 5.58. The smallest absolute Gasteiger partial charge is 0.326 e. The molecule has 3 amide bonds. The molecule has 0 radical (unpaired) electrons. The molecule has 1 aromatic carbocycles. The summed E-state index contributed by atoms with van der Waals surface area (Å²) in [5, 5.41) is 4.60. The Balaban J connectivity index is 1.81. The quantitative estimate of drug-likeness (QED) is 0.506. The van der Waals surface area contributed by atoms with Crippen LogP contribution in [0.2, 0.25) is 0 Å². The Bertz CT molecular complexity index is 895. The summed E-state index contributed by atoms with van der Waals surface area (Å²) in [4.78, 5) is 33.7. The minimum Gasteiger partial charge on any atom is -0.460 e. The van der Waals surface area contributed by atoms with Gasteiger partial charge in [0.2, 0.25) is 0 Å². The highest BCUT2D eigenvalue weighted by molar-refractivity contribution is 6.11. The number of esters is 1. The molecular weight excluding hydrogens is 324 g/mol. The SMILES string of the molecule is CC(=O)Oc1coc(-c2cccc(C/C=C3\NC(=O)NC3=O)c2)c1C. The van der Waals surface area contributed by atoms with Crippen LogP contribution >= 0.6 is 0 Å². The Labute approximate surface area is 143 Å². The fourth-order valence-electron chi connectivity index (χ4n) is 2.53. The van der Waals surface area contributed by atoms with Crippen molar-refractivity contribution in [1.82, 2.24) is 10.6 Å². The highest BCUT2D eigenvalue weighted by Gasteiger charge is 2.22. The topological polar surface area (TPSA) is 97.6 Å². The summed E-state index contributed by atoms with van der Waals surface area (Å²) in [6.45, 7) is 3.14. The van der Waals surface area contributed by atoms with Crippen LogP contribution in [0.4, 0.5) is 4.79 Å². The molecule has 25 heavy (non-hydrogen) atoms. The average Bonchev–Trinajstić information content (AvgIpc) is 3.07. The van der Waals surface area contributed by atoms with Gasteiger partial charge >= 0.3 is 12.0 Å². The van der Waals surface area contributed by atoms with Crippen LogP contribution in [0.25, 0.3) is 11.3 Å². The van der Waals surface area contributed by atoms with E-state index in [0.29, 0.717) is 17.9 Å². The molecule has 7 heteroatoms. The summed E-state index contributed by atoms with van der Waals surface area (Å²) in [5.74, 6) is 0.153. The number of benzene rings is 1. The second kappa shape index (κ2) is 6.64. The monoisotopic (exact) mass is 340 g/mol. The van der Waals surface area contributed by atoms with E-state index in [2.05, 4.69) is 10.6 Å². The van der Waals surface area contributed by atoms with Crippen molar-refractivity contribution in [3.05, 3.63) is 53.4 Å². The maximum Gasteiger partial charge on any atom is 0.326 e. The van der Waals surface area contributed by atoms with Gasteiger partial charge in [0.15, 0.2) is 5.75 Å². The van der Waals surface area contributed by atoms with Crippen LogP contribution in [-0.4, -0.2) is 17.9 Å². The molecule has 128 valence electrons. The number of nitrogens with one attached hydrogen (secondary N) is 2.